The first kappa shape index (κ1) is 26.9. The number of rotatable bonds is 7. The van der Waals surface area contributed by atoms with E-state index in [4.69, 9.17) is 21.1 Å². The summed E-state index contributed by atoms with van der Waals surface area (Å²) in [5.41, 5.74) is 3.17. The molecule has 0 aliphatic carbocycles. The summed E-state index contributed by atoms with van der Waals surface area (Å²) in [5, 5.41) is 0.655. The molecule has 3 heterocycles. The van der Waals surface area contributed by atoms with Crippen molar-refractivity contribution < 1.29 is 14.3 Å². The van der Waals surface area contributed by atoms with Gasteiger partial charge in [-0.05, 0) is 48.0 Å². The Labute approximate surface area is 245 Å². The fourth-order valence-corrected chi connectivity index (χ4v) is 6.03. The summed E-state index contributed by atoms with van der Waals surface area (Å²) in [6.45, 7) is 2.71. The van der Waals surface area contributed by atoms with Gasteiger partial charge in [-0.25, -0.2) is 4.98 Å². The van der Waals surface area contributed by atoms with Gasteiger partial charge in [-0.3, -0.25) is 14.2 Å². The van der Waals surface area contributed by atoms with Crippen LogP contribution in [0.1, 0.15) is 0 Å². The van der Waals surface area contributed by atoms with Crippen LogP contribution in [0.15, 0.2) is 90.0 Å². The lowest BCUT2D eigenvalue weighted by Crippen LogP contribution is -2.50. The largest absolute Gasteiger partial charge is 0.493 e. The van der Waals surface area contributed by atoms with Gasteiger partial charge in [0.15, 0.2) is 18.1 Å². The van der Waals surface area contributed by atoms with Crippen LogP contribution in [0, 0.1) is 0 Å². The predicted octanol–water partition coefficient (Wildman–Crippen LogP) is 5.50. The van der Waals surface area contributed by atoms with E-state index in [0.29, 0.717) is 45.5 Å². The monoisotopic (exact) mass is 586 g/mol. The van der Waals surface area contributed by atoms with Gasteiger partial charge in [-0.2, -0.15) is 0 Å². The van der Waals surface area contributed by atoms with Crippen LogP contribution < -0.4 is 19.9 Å². The molecular weight excluding hydrogens is 560 g/mol. The second kappa shape index (κ2) is 11.6. The number of anilines is 1. The summed E-state index contributed by atoms with van der Waals surface area (Å²) < 4.78 is 13.4. The number of piperazine rings is 1. The van der Waals surface area contributed by atoms with Crippen molar-refractivity contribution in [2.24, 2.45) is 0 Å². The highest BCUT2D eigenvalue weighted by atomic mass is 35.5. The van der Waals surface area contributed by atoms with Crippen LogP contribution in [0.25, 0.3) is 26.3 Å². The van der Waals surface area contributed by atoms with Crippen LogP contribution >= 0.6 is 22.9 Å². The van der Waals surface area contributed by atoms with Crippen molar-refractivity contribution in [3.63, 3.8) is 0 Å². The van der Waals surface area contributed by atoms with Crippen LogP contribution in [0.5, 0.6) is 11.5 Å². The summed E-state index contributed by atoms with van der Waals surface area (Å²) in [5.74, 6) is 0.767. The molecular formula is C31H27ClN4O4S. The lowest BCUT2D eigenvalue weighted by Gasteiger charge is -2.36. The lowest BCUT2D eigenvalue weighted by molar-refractivity contribution is -0.133. The molecule has 2 aromatic heterocycles. The molecule has 0 radical (unpaired) electrons. The van der Waals surface area contributed by atoms with E-state index < -0.39 is 0 Å². The second-order valence-electron chi connectivity index (χ2n) is 9.58. The molecule has 0 N–H and O–H groups in total. The zero-order chi connectivity index (χ0) is 28.3. The van der Waals surface area contributed by atoms with Gasteiger partial charge < -0.3 is 19.3 Å². The van der Waals surface area contributed by atoms with Gasteiger partial charge in [0, 0.05) is 47.8 Å². The van der Waals surface area contributed by atoms with Gasteiger partial charge in [-0.1, -0.05) is 41.9 Å². The number of fused-ring (bicyclic) bond motifs is 1. The van der Waals surface area contributed by atoms with Gasteiger partial charge >= 0.3 is 0 Å². The first-order chi connectivity index (χ1) is 20.0. The third-order valence-electron chi connectivity index (χ3n) is 7.10. The second-order valence-corrected chi connectivity index (χ2v) is 11.1. The van der Waals surface area contributed by atoms with E-state index in [-0.39, 0.29) is 18.1 Å². The number of amides is 1. The number of ether oxygens (including phenoxy) is 2. The molecule has 0 spiro atoms. The fourth-order valence-electron chi connectivity index (χ4n) is 4.86. The van der Waals surface area contributed by atoms with Gasteiger partial charge in [0.2, 0.25) is 0 Å². The average Bonchev–Trinajstić information content (AvgIpc) is 3.46. The number of para-hydroxylation sites is 1. The molecule has 1 aliphatic heterocycles. The van der Waals surface area contributed by atoms with Crippen molar-refractivity contribution in [3.05, 3.63) is 101 Å². The van der Waals surface area contributed by atoms with Crippen molar-refractivity contribution in [1.82, 2.24) is 14.5 Å². The first-order valence-electron chi connectivity index (χ1n) is 13.2. The van der Waals surface area contributed by atoms with Gasteiger partial charge in [-0.15, -0.1) is 11.3 Å². The van der Waals surface area contributed by atoms with E-state index in [0.717, 1.165) is 29.2 Å². The van der Waals surface area contributed by atoms with E-state index in [9.17, 15) is 9.59 Å². The molecule has 208 valence electrons. The minimum Gasteiger partial charge on any atom is -0.493 e. The van der Waals surface area contributed by atoms with E-state index in [1.165, 1.54) is 29.3 Å². The SMILES string of the molecule is COc1cc(-n2cnc3cc(-c4ccc(Cl)cc4)sc3c2=O)ccc1OCC(=O)N1CCN(c2ccccc2)CC1. The van der Waals surface area contributed by atoms with Gasteiger partial charge in [0.1, 0.15) is 11.0 Å². The maximum atomic E-state index is 13.4. The number of aromatic nitrogens is 2. The van der Waals surface area contributed by atoms with Gasteiger partial charge in [0.25, 0.3) is 11.5 Å². The van der Waals surface area contributed by atoms with Crippen LogP contribution in [-0.2, 0) is 4.79 Å². The molecule has 10 heteroatoms. The van der Waals surface area contributed by atoms with Crippen molar-refractivity contribution in [2.45, 2.75) is 0 Å². The quantitative estimate of drug-likeness (QED) is 0.250. The molecule has 0 bridgehead atoms. The number of halogens is 1. The van der Waals surface area contributed by atoms with Crippen LogP contribution in [0.4, 0.5) is 5.69 Å². The number of nitrogens with zero attached hydrogens (tertiary/aromatic N) is 4. The number of carbonyl (C=O) groups excluding carboxylic acids is 1. The molecule has 41 heavy (non-hydrogen) atoms. The average molecular weight is 587 g/mol. The number of carbonyl (C=O) groups is 1. The van der Waals surface area contributed by atoms with Crippen molar-refractivity contribution in [3.8, 4) is 27.6 Å². The number of hydrogen-bond donors (Lipinski definition) is 0. The van der Waals surface area contributed by atoms with E-state index in [2.05, 4.69) is 22.0 Å². The fraction of sp³-hybridized carbons (Fsp3) is 0.194. The Kier molecular flexibility index (Phi) is 7.63. The molecule has 6 rings (SSSR count). The minimum atomic E-state index is -0.180. The first-order valence-corrected chi connectivity index (χ1v) is 14.4. The lowest BCUT2D eigenvalue weighted by atomic mass is 10.2. The molecule has 8 nitrogen and oxygen atoms in total. The Hall–Kier alpha value is -4.34. The van der Waals surface area contributed by atoms with Crippen LogP contribution in [0.2, 0.25) is 5.02 Å². The summed E-state index contributed by atoms with van der Waals surface area (Å²) in [7, 11) is 1.53. The minimum absolute atomic E-state index is 0.0797. The Bertz CT molecular complexity index is 1750. The number of thiophene rings is 1. The third kappa shape index (κ3) is 5.64. The molecule has 3 aromatic carbocycles. The molecule has 0 unspecified atom stereocenters. The Morgan fingerprint density at radius 1 is 0.927 bits per heavy atom. The Morgan fingerprint density at radius 3 is 2.41 bits per heavy atom. The molecule has 5 aromatic rings. The highest BCUT2D eigenvalue weighted by Gasteiger charge is 2.22. The Balaban J connectivity index is 1.14. The Morgan fingerprint density at radius 2 is 1.68 bits per heavy atom. The highest BCUT2D eigenvalue weighted by Crippen LogP contribution is 2.33. The molecule has 1 amide bonds. The topological polar surface area (TPSA) is 76.9 Å². The summed E-state index contributed by atoms with van der Waals surface area (Å²) >= 11 is 7.41. The van der Waals surface area contributed by atoms with E-state index in [1.807, 2.05) is 53.4 Å². The molecule has 0 atom stereocenters. The number of methoxy groups -OCH3 is 1. The summed E-state index contributed by atoms with van der Waals surface area (Å²) in [6, 6.07) is 24.8. The third-order valence-corrected chi connectivity index (χ3v) is 8.51. The molecule has 1 saturated heterocycles. The predicted molar refractivity (Wildman–Crippen MR) is 163 cm³/mol. The van der Waals surface area contributed by atoms with Crippen molar-refractivity contribution in [1.29, 1.82) is 0 Å². The molecule has 0 saturated carbocycles. The normalized spacial score (nSPS) is 13.4. The van der Waals surface area contributed by atoms with Crippen molar-refractivity contribution in [2.75, 3.05) is 44.8 Å². The van der Waals surface area contributed by atoms with E-state index in [1.54, 1.807) is 18.2 Å². The van der Waals surface area contributed by atoms with E-state index >= 15 is 0 Å². The smallest absolute Gasteiger partial charge is 0.275 e. The zero-order valence-electron chi connectivity index (χ0n) is 22.3. The van der Waals surface area contributed by atoms with Gasteiger partial charge in [0.05, 0.1) is 18.3 Å². The maximum Gasteiger partial charge on any atom is 0.275 e. The summed E-state index contributed by atoms with van der Waals surface area (Å²) in [6.07, 6.45) is 1.51. The molecule has 1 aliphatic rings. The zero-order valence-corrected chi connectivity index (χ0v) is 23.9. The van der Waals surface area contributed by atoms with Crippen LogP contribution in [-0.4, -0.2) is 60.3 Å². The molecule has 1 fully saturated rings. The number of benzene rings is 3. The maximum absolute atomic E-state index is 13.4. The number of hydrogen-bond acceptors (Lipinski definition) is 7. The highest BCUT2D eigenvalue weighted by molar-refractivity contribution is 7.22. The van der Waals surface area contributed by atoms with Crippen molar-refractivity contribution >= 4 is 44.7 Å². The summed E-state index contributed by atoms with van der Waals surface area (Å²) in [4.78, 5) is 35.8. The standard InChI is InChI=1S/C31H27ClN4O4S/c1-39-27-17-24(36-20-33-25-18-28(41-30(25)31(36)38)21-7-9-22(32)10-8-21)11-12-26(27)40-19-29(37)35-15-13-34(14-16-35)23-5-3-2-4-6-23/h2-12,17-18,20H,13-16,19H2,1H3. The van der Waals surface area contributed by atoms with Crippen LogP contribution in [0.3, 0.4) is 0 Å².